The minimum atomic E-state index is -3.75. The summed E-state index contributed by atoms with van der Waals surface area (Å²) in [6, 6.07) is 11.7. The third-order valence-electron chi connectivity index (χ3n) is 6.44. The van der Waals surface area contributed by atoms with Crippen molar-refractivity contribution in [1.29, 1.82) is 0 Å². The van der Waals surface area contributed by atoms with Crippen LogP contribution in [0.1, 0.15) is 37.0 Å². The topological polar surface area (TPSA) is 81.8 Å². The van der Waals surface area contributed by atoms with Gasteiger partial charge in [0, 0.05) is 42.4 Å². The Morgan fingerprint density at radius 3 is 2.39 bits per heavy atom. The van der Waals surface area contributed by atoms with Gasteiger partial charge in [-0.15, -0.1) is 11.3 Å². The monoisotopic (exact) mass is 490 g/mol. The molecule has 2 N–H and O–H groups in total. The Balaban J connectivity index is 1.17. The van der Waals surface area contributed by atoms with Crippen LogP contribution in [0, 0.1) is 5.92 Å². The lowest BCUT2D eigenvalue weighted by atomic mass is 9.97. The number of piperidine rings is 2. The Kier molecular flexibility index (Phi) is 8.27. The molecule has 33 heavy (non-hydrogen) atoms. The van der Waals surface area contributed by atoms with E-state index in [-0.39, 0.29) is 0 Å². The molecule has 0 atom stereocenters. The van der Waals surface area contributed by atoms with Crippen LogP contribution < -0.4 is 14.9 Å². The zero-order valence-electron chi connectivity index (χ0n) is 19.0. The summed E-state index contributed by atoms with van der Waals surface area (Å²) in [7, 11) is -3.75. The minimum absolute atomic E-state index is 0.395. The maximum absolute atomic E-state index is 12.5. The molecule has 4 rings (SSSR count). The third-order valence-corrected chi connectivity index (χ3v) is 8.49. The lowest BCUT2D eigenvalue weighted by Crippen LogP contribution is -2.40. The maximum Gasteiger partial charge on any atom is 0.241 e. The van der Waals surface area contributed by atoms with Crippen LogP contribution in [0.3, 0.4) is 0 Å². The molecule has 3 heterocycles. The van der Waals surface area contributed by atoms with Crippen LogP contribution in [-0.4, -0.2) is 57.7 Å². The summed E-state index contributed by atoms with van der Waals surface area (Å²) in [4.78, 5) is 18.4. The lowest BCUT2D eigenvalue weighted by molar-refractivity contribution is -0.118. The summed E-state index contributed by atoms with van der Waals surface area (Å²) in [5, 5.41) is 4.93. The number of hydrogen-bond acceptors (Lipinski definition) is 6. The zero-order valence-corrected chi connectivity index (χ0v) is 20.7. The van der Waals surface area contributed by atoms with E-state index in [0.717, 1.165) is 51.3 Å². The summed E-state index contributed by atoms with van der Waals surface area (Å²) < 4.78 is 27.4. The van der Waals surface area contributed by atoms with Crippen LogP contribution in [0.2, 0.25) is 0 Å². The van der Waals surface area contributed by atoms with Gasteiger partial charge in [0.15, 0.2) is 0 Å². The van der Waals surface area contributed by atoms with Crippen molar-refractivity contribution in [2.75, 3.05) is 48.1 Å². The highest BCUT2D eigenvalue weighted by Crippen LogP contribution is 2.23. The predicted molar refractivity (Wildman–Crippen MR) is 135 cm³/mol. The van der Waals surface area contributed by atoms with Gasteiger partial charge in [0.05, 0.1) is 0 Å². The first-order valence-electron chi connectivity index (χ1n) is 11.8. The van der Waals surface area contributed by atoms with E-state index in [9.17, 15) is 13.2 Å². The number of likely N-dealkylation sites (tertiary alicyclic amines) is 1. The highest BCUT2D eigenvalue weighted by Gasteiger charge is 2.22. The Morgan fingerprint density at radius 2 is 1.73 bits per heavy atom. The number of amides is 1. The quantitative estimate of drug-likeness (QED) is 0.562. The standard InChI is InChI=1S/C24H34N4O3S2/c29-24(25-17-20-10-14-27(15-11-20)18-23-5-4-16-32-23)19-33(30,31)26-21-6-8-22(9-7-21)28-12-2-1-3-13-28/h4-9,16,20,26H,1-3,10-15,17-19H2,(H,25,29). The molecular weight excluding hydrogens is 456 g/mol. The van der Waals surface area contributed by atoms with Crippen molar-refractivity contribution in [3.05, 3.63) is 46.7 Å². The van der Waals surface area contributed by atoms with E-state index in [2.05, 4.69) is 37.4 Å². The Morgan fingerprint density at radius 1 is 1.00 bits per heavy atom. The molecule has 1 amide bonds. The summed E-state index contributed by atoms with van der Waals surface area (Å²) in [6.07, 6.45) is 5.68. The van der Waals surface area contributed by atoms with Crippen LogP contribution in [0.25, 0.3) is 0 Å². The van der Waals surface area contributed by atoms with Gasteiger partial charge in [0.2, 0.25) is 15.9 Å². The number of thiophene rings is 1. The van der Waals surface area contributed by atoms with Crippen molar-refractivity contribution in [3.63, 3.8) is 0 Å². The fourth-order valence-electron chi connectivity index (χ4n) is 4.56. The van der Waals surface area contributed by atoms with Gasteiger partial charge in [-0.2, -0.15) is 0 Å². The first-order chi connectivity index (χ1) is 16.0. The molecule has 0 bridgehead atoms. The molecule has 0 aliphatic carbocycles. The SMILES string of the molecule is O=C(CS(=O)(=O)Nc1ccc(N2CCCCC2)cc1)NCC1CCN(Cc2cccs2)CC1. The number of sulfonamides is 1. The van der Waals surface area contributed by atoms with Crippen LogP contribution in [-0.2, 0) is 21.4 Å². The van der Waals surface area contributed by atoms with Crippen LogP contribution in [0.5, 0.6) is 0 Å². The highest BCUT2D eigenvalue weighted by molar-refractivity contribution is 7.93. The fraction of sp³-hybridized carbons (Fsp3) is 0.542. The minimum Gasteiger partial charge on any atom is -0.372 e. The number of carbonyl (C=O) groups is 1. The summed E-state index contributed by atoms with van der Waals surface area (Å²) in [5.74, 6) is -0.613. The van der Waals surface area contributed by atoms with Crippen LogP contribution >= 0.6 is 11.3 Å². The molecule has 9 heteroatoms. The average molecular weight is 491 g/mol. The number of hydrogen-bond donors (Lipinski definition) is 2. The number of benzene rings is 1. The summed E-state index contributed by atoms with van der Waals surface area (Å²) in [5.41, 5.74) is 1.60. The first kappa shape index (κ1) is 24.0. The van der Waals surface area contributed by atoms with Crippen molar-refractivity contribution in [3.8, 4) is 0 Å². The van der Waals surface area contributed by atoms with Crippen molar-refractivity contribution in [1.82, 2.24) is 10.2 Å². The number of nitrogens with zero attached hydrogens (tertiary/aromatic N) is 2. The molecule has 180 valence electrons. The van der Waals surface area contributed by atoms with Gasteiger partial charge in [0.1, 0.15) is 5.75 Å². The number of nitrogens with one attached hydrogen (secondary N) is 2. The average Bonchev–Trinajstić information content (AvgIpc) is 3.32. The van der Waals surface area contributed by atoms with Gasteiger partial charge in [-0.25, -0.2) is 8.42 Å². The molecule has 2 fully saturated rings. The van der Waals surface area contributed by atoms with Crippen molar-refractivity contribution in [2.24, 2.45) is 5.92 Å². The zero-order chi connectivity index (χ0) is 23.1. The highest BCUT2D eigenvalue weighted by atomic mass is 32.2. The van der Waals surface area contributed by atoms with E-state index in [1.165, 1.54) is 24.1 Å². The molecule has 2 aromatic rings. The van der Waals surface area contributed by atoms with Crippen molar-refractivity contribution < 1.29 is 13.2 Å². The smallest absolute Gasteiger partial charge is 0.241 e. The lowest BCUT2D eigenvalue weighted by Gasteiger charge is -2.31. The normalized spacial score (nSPS) is 18.2. The molecule has 2 aliphatic heterocycles. The Bertz CT molecular complexity index is 979. The van der Waals surface area contributed by atoms with Gasteiger partial charge in [-0.3, -0.25) is 14.4 Å². The molecule has 7 nitrogen and oxygen atoms in total. The van der Waals surface area contributed by atoms with Gasteiger partial charge >= 0.3 is 0 Å². The maximum atomic E-state index is 12.5. The van der Waals surface area contributed by atoms with E-state index >= 15 is 0 Å². The van der Waals surface area contributed by atoms with Crippen molar-refractivity contribution >= 4 is 38.6 Å². The molecule has 0 spiro atoms. The van der Waals surface area contributed by atoms with E-state index in [1.807, 2.05) is 12.1 Å². The van der Waals surface area contributed by atoms with Gasteiger partial charge in [-0.05, 0) is 86.8 Å². The summed E-state index contributed by atoms with van der Waals surface area (Å²) >= 11 is 1.78. The molecule has 0 unspecified atom stereocenters. The molecule has 0 radical (unpaired) electrons. The molecular formula is C24H34N4O3S2. The molecule has 1 aromatic heterocycles. The molecule has 2 saturated heterocycles. The molecule has 0 saturated carbocycles. The Labute approximate surface area is 201 Å². The van der Waals surface area contributed by atoms with Crippen LogP contribution in [0.4, 0.5) is 11.4 Å². The van der Waals surface area contributed by atoms with Gasteiger partial charge < -0.3 is 10.2 Å². The largest absolute Gasteiger partial charge is 0.372 e. The van der Waals surface area contributed by atoms with Crippen molar-refractivity contribution in [2.45, 2.75) is 38.6 Å². The van der Waals surface area contributed by atoms with Gasteiger partial charge in [0.25, 0.3) is 0 Å². The number of anilines is 2. The van der Waals surface area contributed by atoms with Gasteiger partial charge in [-0.1, -0.05) is 6.07 Å². The van der Waals surface area contributed by atoms with E-state index < -0.39 is 21.7 Å². The van der Waals surface area contributed by atoms with E-state index in [0.29, 0.717) is 18.2 Å². The number of rotatable bonds is 9. The van der Waals surface area contributed by atoms with E-state index in [4.69, 9.17) is 0 Å². The first-order valence-corrected chi connectivity index (χ1v) is 14.4. The summed E-state index contributed by atoms with van der Waals surface area (Å²) in [6.45, 7) is 5.61. The second-order valence-electron chi connectivity index (χ2n) is 9.06. The van der Waals surface area contributed by atoms with Crippen LogP contribution in [0.15, 0.2) is 41.8 Å². The molecule has 1 aromatic carbocycles. The molecule has 2 aliphatic rings. The van der Waals surface area contributed by atoms with E-state index in [1.54, 1.807) is 23.5 Å². The second-order valence-corrected chi connectivity index (χ2v) is 11.8. The fourth-order valence-corrected chi connectivity index (χ4v) is 6.32. The third kappa shape index (κ3) is 7.45. The predicted octanol–water partition coefficient (Wildman–Crippen LogP) is 3.51. The Hall–Kier alpha value is -2.10. The number of carbonyl (C=O) groups excluding carboxylic acids is 1. The second kappa shape index (κ2) is 11.4.